The fraction of sp³-hybridized carbons (Fsp3) is 0.600. The monoisotopic (exact) mass is 235 g/mol. The van der Waals surface area contributed by atoms with Crippen LogP contribution in [0, 0.1) is 0 Å². The molecule has 0 spiro atoms. The summed E-state index contributed by atoms with van der Waals surface area (Å²) in [5.74, 6) is 0. The van der Waals surface area contributed by atoms with Crippen molar-refractivity contribution in [3.63, 3.8) is 0 Å². The van der Waals surface area contributed by atoms with Gasteiger partial charge in [-0.05, 0) is 44.5 Å². The second kappa shape index (κ2) is 8.26. The summed E-state index contributed by atoms with van der Waals surface area (Å²) >= 11 is 0. The highest BCUT2D eigenvalue weighted by atomic mass is 16.5. The van der Waals surface area contributed by atoms with Crippen molar-refractivity contribution in [2.24, 2.45) is 0 Å². The van der Waals surface area contributed by atoms with Crippen LogP contribution < -0.4 is 5.32 Å². The van der Waals surface area contributed by atoms with E-state index in [0.717, 1.165) is 26.0 Å². The van der Waals surface area contributed by atoms with E-state index in [2.05, 4.69) is 43.4 Å². The molecule has 0 aromatic heterocycles. The van der Waals surface area contributed by atoms with Crippen molar-refractivity contribution >= 4 is 0 Å². The Labute approximate surface area is 105 Å². The Morgan fingerprint density at radius 2 is 1.82 bits per heavy atom. The molecule has 2 nitrogen and oxygen atoms in total. The van der Waals surface area contributed by atoms with Gasteiger partial charge in [0.15, 0.2) is 0 Å². The van der Waals surface area contributed by atoms with E-state index in [1.165, 1.54) is 17.5 Å². The number of likely N-dealkylation sites (N-methyl/N-ethyl adjacent to an activating group) is 1. The van der Waals surface area contributed by atoms with Crippen molar-refractivity contribution in [3.05, 3.63) is 35.4 Å². The molecule has 0 heterocycles. The number of rotatable bonds is 8. The molecule has 17 heavy (non-hydrogen) atoms. The van der Waals surface area contributed by atoms with E-state index in [-0.39, 0.29) is 0 Å². The first-order valence-corrected chi connectivity index (χ1v) is 6.60. The van der Waals surface area contributed by atoms with Gasteiger partial charge in [0.05, 0.1) is 12.7 Å². The van der Waals surface area contributed by atoms with Crippen molar-refractivity contribution in [2.45, 2.75) is 45.8 Å². The smallest absolute Gasteiger partial charge is 0.0720 e. The fourth-order valence-corrected chi connectivity index (χ4v) is 1.80. The predicted molar refractivity (Wildman–Crippen MR) is 73.2 cm³/mol. The zero-order chi connectivity index (χ0) is 12.5. The third-order valence-electron chi connectivity index (χ3n) is 2.92. The lowest BCUT2D eigenvalue weighted by Crippen LogP contribution is -2.10. The largest absolute Gasteiger partial charge is 0.374 e. The van der Waals surface area contributed by atoms with Gasteiger partial charge in [0.2, 0.25) is 0 Å². The molecule has 1 atom stereocenters. The molecule has 0 radical (unpaired) electrons. The molecule has 1 aromatic rings. The summed E-state index contributed by atoms with van der Waals surface area (Å²) in [5.41, 5.74) is 2.64. The topological polar surface area (TPSA) is 21.3 Å². The first-order valence-electron chi connectivity index (χ1n) is 6.60. The minimum absolute atomic E-state index is 0.365. The Hall–Kier alpha value is -0.860. The average molecular weight is 235 g/mol. The van der Waals surface area contributed by atoms with Crippen molar-refractivity contribution in [1.29, 1.82) is 0 Å². The highest BCUT2D eigenvalue weighted by molar-refractivity contribution is 5.22. The van der Waals surface area contributed by atoms with E-state index >= 15 is 0 Å². The highest BCUT2D eigenvalue weighted by Crippen LogP contribution is 2.09. The maximum absolute atomic E-state index is 5.78. The lowest BCUT2D eigenvalue weighted by Gasteiger charge is -2.12. The van der Waals surface area contributed by atoms with E-state index in [0.29, 0.717) is 6.10 Å². The van der Waals surface area contributed by atoms with Gasteiger partial charge in [-0.1, -0.05) is 37.6 Å². The molecule has 0 saturated heterocycles. The summed E-state index contributed by atoms with van der Waals surface area (Å²) in [6, 6.07) is 8.73. The SMILES string of the molecule is CCCC(C)OCc1ccc(CCNC)cc1. The third-order valence-corrected chi connectivity index (χ3v) is 2.92. The lowest BCUT2D eigenvalue weighted by molar-refractivity contribution is 0.0472. The van der Waals surface area contributed by atoms with E-state index in [1.807, 2.05) is 7.05 Å². The molecule has 0 aliphatic carbocycles. The number of hydrogen-bond donors (Lipinski definition) is 1. The Bertz CT molecular complexity index is 294. The Kier molecular flexibility index (Phi) is 6.90. The van der Waals surface area contributed by atoms with E-state index in [4.69, 9.17) is 4.74 Å². The van der Waals surface area contributed by atoms with Gasteiger partial charge >= 0.3 is 0 Å². The molecule has 2 heteroatoms. The van der Waals surface area contributed by atoms with Crippen LogP contribution >= 0.6 is 0 Å². The third kappa shape index (κ3) is 5.85. The second-order valence-electron chi connectivity index (χ2n) is 4.58. The molecule has 96 valence electrons. The van der Waals surface area contributed by atoms with Crippen LogP contribution in [0.4, 0.5) is 0 Å². The highest BCUT2D eigenvalue weighted by Gasteiger charge is 2.01. The maximum Gasteiger partial charge on any atom is 0.0720 e. The minimum Gasteiger partial charge on any atom is -0.374 e. The molecule has 0 bridgehead atoms. The van der Waals surface area contributed by atoms with Crippen LogP contribution in [-0.2, 0) is 17.8 Å². The van der Waals surface area contributed by atoms with Crippen molar-refractivity contribution in [1.82, 2.24) is 5.32 Å². The summed E-state index contributed by atoms with van der Waals surface area (Å²) in [6.45, 7) is 6.10. The molecular weight excluding hydrogens is 210 g/mol. The van der Waals surface area contributed by atoms with Crippen LogP contribution in [-0.4, -0.2) is 19.7 Å². The Morgan fingerprint density at radius 3 is 2.41 bits per heavy atom. The van der Waals surface area contributed by atoms with Gasteiger partial charge in [0.25, 0.3) is 0 Å². The number of hydrogen-bond acceptors (Lipinski definition) is 2. The van der Waals surface area contributed by atoms with Crippen LogP contribution in [0.1, 0.15) is 37.8 Å². The molecule has 1 aromatic carbocycles. The van der Waals surface area contributed by atoms with Gasteiger partial charge < -0.3 is 10.1 Å². The Balaban J connectivity index is 2.34. The second-order valence-corrected chi connectivity index (χ2v) is 4.58. The molecular formula is C15H25NO. The van der Waals surface area contributed by atoms with Gasteiger partial charge in [0.1, 0.15) is 0 Å². The van der Waals surface area contributed by atoms with Crippen molar-refractivity contribution in [3.8, 4) is 0 Å². The van der Waals surface area contributed by atoms with E-state index in [9.17, 15) is 0 Å². The molecule has 0 amide bonds. The van der Waals surface area contributed by atoms with E-state index in [1.54, 1.807) is 0 Å². The van der Waals surface area contributed by atoms with Gasteiger partial charge in [-0.2, -0.15) is 0 Å². The van der Waals surface area contributed by atoms with Gasteiger partial charge in [-0.15, -0.1) is 0 Å². The van der Waals surface area contributed by atoms with Gasteiger partial charge in [-0.25, -0.2) is 0 Å². The molecule has 0 fully saturated rings. The van der Waals surface area contributed by atoms with Crippen molar-refractivity contribution in [2.75, 3.05) is 13.6 Å². The zero-order valence-corrected chi connectivity index (χ0v) is 11.3. The lowest BCUT2D eigenvalue weighted by atomic mass is 10.1. The quantitative estimate of drug-likeness (QED) is 0.747. The standard InChI is InChI=1S/C15H25NO/c1-4-5-13(2)17-12-15-8-6-14(7-9-15)10-11-16-3/h6-9,13,16H,4-5,10-12H2,1-3H3. The van der Waals surface area contributed by atoms with Crippen LogP contribution in [0.2, 0.25) is 0 Å². The normalized spacial score (nSPS) is 12.6. The van der Waals surface area contributed by atoms with E-state index < -0.39 is 0 Å². The van der Waals surface area contributed by atoms with Crippen LogP contribution in [0.15, 0.2) is 24.3 Å². The molecule has 0 aliphatic rings. The molecule has 1 N–H and O–H groups in total. The first kappa shape index (κ1) is 14.2. The number of benzene rings is 1. The summed E-state index contributed by atoms with van der Waals surface area (Å²) < 4.78 is 5.78. The number of nitrogens with one attached hydrogen (secondary N) is 1. The predicted octanol–water partition coefficient (Wildman–Crippen LogP) is 3.15. The van der Waals surface area contributed by atoms with Gasteiger partial charge in [-0.3, -0.25) is 0 Å². The first-order chi connectivity index (χ1) is 8.26. The van der Waals surface area contributed by atoms with Crippen LogP contribution in [0.25, 0.3) is 0 Å². The summed E-state index contributed by atoms with van der Waals surface area (Å²) in [7, 11) is 1.98. The minimum atomic E-state index is 0.365. The van der Waals surface area contributed by atoms with Crippen LogP contribution in [0.3, 0.4) is 0 Å². The molecule has 1 unspecified atom stereocenters. The maximum atomic E-state index is 5.78. The summed E-state index contributed by atoms with van der Waals surface area (Å²) in [6.07, 6.45) is 3.78. The van der Waals surface area contributed by atoms with Crippen molar-refractivity contribution < 1.29 is 4.74 Å². The Morgan fingerprint density at radius 1 is 1.18 bits per heavy atom. The van der Waals surface area contributed by atoms with Crippen LogP contribution in [0.5, 0.6) is 0 Å². The molecule has 0 saturated carbocycles. The number of ether oxygens (including phenoxy) is 1. The molecule has 1 rings (SSSR count). The zero-order valence-electron chi connectivity index (χ0n) is 11.3. The summed E-state index contributed by atoms with van der Waals surface area (Å²) in [5, 5.41) is 3.16. The average Bonchev–Trinajstić information content (AvgIpc) is 2.35. The molecule has 0 aliphatic heterocycles. The summed E-state index contributed by atoms with van der Waals surface area (Å²) in [4.78, 5) is 0. The van der Waals surface area contributed by atoms with Gasteiger partial charge in [0, 0.05) is 0 Å². The fourth-order valence-electron chi connectivity index (χ4n) is 1.80.